The molecule has 0 saturated heterocycles. The molecule has 2 aromatic rings. The molecule has 0 aromatic heterocycles. The summed E-state index contributed by atoms with van der Waals surface area (Å²) in [5.41, 5.74) is -4.14. The van der Waals surface area contributed by atoms with Crippen LogP contribution in [0.25, 0.3) is 0 Å². The minimum Gasteiger partial charge on any atom is -0.456 e. The third-order valence-electron chi connectivity index (χ3n) is 3.67. The molecule has 0 unspecified atom stereocenters. The van der Waals surface area contributed by atoms with Gasteiger partial charge in [-0.05, 0) is 42.3 Å². The molecule has 1 aliphatic carbocycles. The highest BCUT2D eigenvalue weighted by molar-refractivity contribution is 7.92. The topological polar surface area (TPSA) is 60.4 Å². The number of ether oxygens (including phenoxy) is 1. The SMILES string of the molecule is O=C1CCc2cc(Oc3ccccc3S(=O)(=O)C(F)(F)F)ccc21. The van der Waals surface area contributed by atoms with Crippen LogP contribution in [0.5, 0.6) is 11.5 Å². The Kier molecular flexibility index (Phi) is 3.87. The second kappa shape index (κ2) is 5.62. The Bertz CT molecular complexity index is 917. The summed E-state index contributed by atoms with van der Waals surface area (Å²) in [6.45, 7) is 0. The van der Waals surface area contributed by atoms with Crippen LogP contribution >= 0.6 is 0 Å². The Hall–Kier alpha value is -2.35. The molecule has 1 aliphatic rings. The smallest absolute Gasteiger partial charge is 0.456 e. The van der Waals surface area contributed by atoms with E-state index < -0.39 is 26.0 Å². The fourth-order valence-electron chi connectivity index (χ4n) is 2.50. The number of alkyl halides is 3. The lowest BCUT2D eigenvalue weighted by atomic mass is 10.1. The van der Waals surface area contributed by atoms with Crippen LogP contribution in [0.2, 0.25) is 0 Å². The van der Waals surface area contributed by atoms with Gasteiger partial charge in [-0.2, -0.15) is 13.2 Å². The van der Waals surface area contributed by atoms with Crippen LogP contribution in [0.3, 0.4) is 0 Å². The summed E-state index contributed by atoms with van der Waals surface area (Å²) in [6, 6.07) is 9.05. The van der Waals surface area contributed by atoms with E-state index in [-0.39, 0.29) is 11.5 Å². The van der Waals surface area contributed by atoms with Crippen molar-refractivity contribution in [3.8, 4) is 11.5 Å². The zero-order chi connectivity index (χ0) is 17.5. The van der Waals surface area contributed by atoms with E-state index in [1.807, 2.05) is 0 Å². The molecule has 0 fully saturated rings. The number of fused-ring (bicyclic) bond motifs is 1. The van der Waals surface area contributed by atoms with Gasteiger partial charge in [0.2, 0.25) is 0 Å². The van der Waals surface area contributed by atoms with Gasteiger partial charge in [0.05, 0.1) is 0 Å². The largest absolute Gasteiger partial charge is 0.502 e. The van der Waals surface area contributed by atoms with E-state index in [2.05, 4.69) is 0 Å². The number of rotatable bonds is 3. The van der Waals surface area contributed by atoms with Crippen molar-refractivity contribution in [1.82, 2.24) is 0 Å². The van der Waals surface area contributed by atoms with E-state index in [0.29, 0.717) is 18.4 Å². The van der Waals surface area contributed by atoms with E-state index in [1.54, 1.807) is 0 Å². The van der Waals surface area contributed by atoms with E-state index >= 15 is 0 Å². The Labute approximate surface area is 135 Å². The molecule has 0 atom stereocenters. The monoisotopic (exact) mass is 356 g/mol. The normalized spacial score (nSPS) is 14.5. The number of carbonyl (C=O) groups excluding carboxylic acids is 1. The van der Waals surface area contributed by atoms with E-state index in [0.717, 1.165) is 17.7 Å². The summed E-state index contributed by atoms with van der Waals surface area (Å²) < 4.78 is 67.0. The number of hydrogen-bond acceptors (Lipinski definition) is 4. The molecule has 0 saturated carbocycles. The Balaban J connectivity index is 2.00. The van der Waals surface area contributed by atoms with Crippen LogP contribution in [0.1, 0.15) is 22.3 Å². The maximum atomic E-state index is 12.8. The quantitative estimate of drug-likeness (QED) is 0.837. The minimum atomic E-state index is -5.53. The lowest BCUT2D eigenvalue weighted by molar-refractivity contribution is -0.0437. The summed E-state index contributed by atoms with van der Waals surface area (Å²) in [5, 5.41) is 0. The number of aryl methyl sites for hydroxylation is 1. The number of benzene rings is 2. The van der Waals surface area contributed by atoms with Gasteiger partial charge in [0, 0.05) is 12.0 Å². The highest BCUT2D eigenvalue weighted by atomic mass is 32.2. The first-order chi connectivity index (χ1) is 11.2. The molecule has 2 aromatic carbocycles. The van der Waals surface area contributed by atoms with E-state index in [4.69, 9.17) is 4.74 Å². The molecule has 3 rings (SSSR count). The number of carbonyl (C=O) groups is 1. The molecule has 126 valence electrons. The van der Waals surface area contributed by atoms with Crippen LogP contribution < -0.4 is 4.74 Å². The van der Waals surface area contributed by atoms with Gasteiger partial charge in [-0.15, -0.1) is 0 Å². The van der Waals surface area contributed by atoms with Crippen molar-refractivity contribution in [3.05, 3.63) is 53.6 Å². The zero-order valence-electron chi connectivity index (χ0n) is 12.1. The molecule has 0 bridgehead atoms. The van der Waals surface area contributed by atoms with E-state index in [9.17, 15) is 26.4 Å². The van der Waals surface area contributed by atoms with Gasteiger partial charge in [0.1, 0.15) is 16.4 Å². The van der Waals surface area contributed by atoms with Crippen molar-refractivity contribution in [3.63, 3.8) is 0 Å². The van der Waals surface area contributed by atoms with Gasteiger partial charge >= 0.3 is 5.51 Å². The number of ketones is 1. The molecular weight excluding hydrogens is 345 g/mol. The van der Waals surface area contributed by atoms with Crippen molar-refractivity contribution in [2.24, 2.45) is 0 Å². The van der Waals surface area contributed by atoms with Gasteiger partial charge in [0.25, 0.3) is 9.84 Å². The third-order valence-corrected chi connectivity index (χ3v) is 5.20. The molecule has 0 N–H and O–H groups in total. The van der Waals surface area contributed by atoms with Crippen LogP contribution in [0.15, 0.2) is 47.4 Å². The van der Waals surface area contributed by atoms with Crippen LogP contribution in [-0.2, 0) is 16.3 Å². The number of hydrogen-bond donors (Lipinski definition) is 0. The van der Waals surface area contributed by atoms with Gasteiger partial charge in [-0.25, -0.2) is 8.42 Å². The first-order valence-corrected chi connectivity index (χ1v) is 8.43. The average Bonchev–Trinajstić information content (AvgIpc) is 2.87. The van der Waals surface area contributed by atoms with Crippen LogP contribution in [0.4, 0.5) is 13.2 Å². The minimum absolute atomic E-state index is 0.00315. The summed E-state index contributed by atoms with van der Waals surface area (Å²) in [4.78, 5) is 10.6. The Morgan fingerprint density at radius 1 is 1.00 bits per heavy atom. The van der Waals surface area contributed by atoms with Crippen LogP contribution in [0, 0.1) is 0 Å². The molecule has 0 radical (unpaired) electrons. The average molecular weight is 356 g/mol. The number of sulfone groups is 1. The summed E-state index contributed by atoms with van der Waals surface area (Å²) in [5.74, 6) is -0.246. The third kappa shape index (κ3) is 2.77. The maximum absolute atomic E-state index is 12.8. The van der Waals surface area contributed by atoms with Crippen LogP contribution in [-0.4, -0.2) is 19.7 Å². The molecule has 0 amide bonds. The van der Waals surface area contributed by atoms with Crippen molar-refractivity contribution in [2.75, 3.05) is 0 Å². The van der Waals surface area contributed by atoms with Gasteiger partial charge in [0.15, 0.2) is 5.78 Å². The summed E-state index contributed by atoms with van der Waals surface area (Å²) in [6.07, 6.45) is 0.895. The van der Waals surface area contributed by atoms with Gasteiger partial charge in [-0.1, -0.05) is 12.1 Å². The first-order valence-electron chi connectivity index (χ1n) is 6.94. The fourth-order valence-corrected chi connectivity index (χ4v) is 3.39. The Morgan fingerprint density at radius 2 is 1.71 bits per heavy atom. The van der Waals surface area contributed by atoms with E-state index in [1.165, 1.54) is 30.3 Å². The zero-order valence-corrected chi connectivity index (χ0v) is 12.9. The van der Waals surface area contributed by atoms with Gasteiger partial charge < -0.3 is 4.74 Å². The standard InChI is InChI=1S/C16H11F3O4S/c17-16(18,19)24(21,22)15-4-2-1-3-14(15)23-11-6-7-12-10(9-11)5-8-13(12)20/h1-4,6-7,9H,5,8H2. The number of Topliss-reactive ketones (excluding diaryl/α,β-unsaturated/α-hetero) is 1. The molecule has 4 nitrogen and oxygen atoms in total. The second-order valence-electron chi connectivity index (χ2n) is 5.24. The predicted octanol–water partition coefficient (Wildman–Crippen LogP) is 3.90. The van der Waals surface area contributed by atoms with Gasteiger partial charge in [-0.3, -0.25) is 4.79 Å². The lowest BCUT2D eigenvalue weighted by Gasteiger charge is -2.13. The maximum Gasteiger partial charge on any atom is 0.502 e. The summed E-state index contributed by atoms with van der Waals surface area (Å²) in [7, 11) is -5.53. The highest BCUT2D eigenvalue weighted by Crippen LogP contribution is 2.37. The van der Waals surface area contributed by atoms with Crippen molar-refractivity contribution < 1.29 is 31.1 Å². The van der Waals surface area contributed by atoms with Crippen molar-refractivity contribution >= 4 is 15.6 Å². The molecule has 0 aliphatic heterocycles. The highest BCUT2D eigenvalue weighted by Gasteiger charge is 2.48. The Morgan fingerprint density at radius 3 is 2.42 bits per heavy atom. The first kappa shape index (κ1) is 16.5. The van der Waals surface area contributed by atoms with Crippen molar-refractivity contribution in [1.29, 1.82) is 0 Å². The number of para-hydroxylation sites is 1. The molecule has 8 heteroatoms. The molecule has 0 spiro atoms. The summed E-state index contributed by atoms with van der Waals surface area (Å²) >= 11 is 0. The molecular formula is C16H11F3O4S. The second-order valence-corrected chi connectivity index (χ2v) is 7.15. The predicted molar refractivity (Wildman–Crippen MR) is 78.9 cm³/mol. The lowest BCUT2D eigenvalue weighted by Crippen LogP contribution is -2.23. The molecule has 0 heterocycles. The number of halogens is 3. The fraction of sp³-hybridized carbons (Fsp3) is 0.188. The van der Waals surface area contributed by atoms with Crippen molar-refractivity contribution in [2.45, 2.75) is 23.2 Å². The molecule has 24 heavy (non-hydrogen) atoms.